The number of rotatable bonds is 4. The van der Waals surface area contributed by atoms with Crippen LogP contribution in [0, 0.1) is 5.92 Å². The van der Waals surface area contributed by atoms with E-state index >= 15 is 0 Å². The molecule has 1 aromatic rings. The van der Waals surface area contributed by atoms with Crippen molar-refractivity contribution in [3.8, 4) is 0 Å². The monoisotopic (exact) mass is 248 g/mol. The second kappa shape index (κ2) is 5.11. The third kappa shape index (κ3) is 2.41. The first kappa shape index (κ1) is 13.1. The van der Waals surface area contributed by atoms with Crippen LogP contribution >= 0.6 is 0 Å². The maximum Gasteiger partial charge on any atom is 0.312 e. The van der Waals surface area contributed by atoms with E-state index < -0.39 is 17.6 Å². The van der Waals surface area contributed by atoms with E-state index in [9.17, 15) is 9.90 Å². The summed E-state index contributed by atoms with van der Waals surface area (Å²) in [4.78, 5) is 11.8. The van der Waals surface area contributed by atoms with Gasteiger partial charge in [-0.25, -0.2) is 0 Å². The normalized spacial score (nSPS) is 31.4. The highest BCUT2D eigenvalue weighted by Crippen LogP contribution is 2.36. The van der Waals surface area contributed by atoms with Crippen LogP contribution in [0.3, 0.4) is 0 Å². The molecule has 3 heteroatoms. The Kier molecular flexibility index (Phi) is 3.71. The van der Waals surface area contributed by atoms with E-state index in [0.717, 1.165) is 6.42 Å². The van der Waals surface area contributed by atoms with Crippen LogP contribution in [0.25, 0.3) is 0 Å². The highest BCUT2D eigenvalue weighted by atomic mass is 16.6. The van der Waals surface area contributed by atoms with Gasteiger partial charge in [-0.15, -0.1) is 0 Å². The lowest BCUT2D eigenvalue weighted by Crippen LogP contribution is -2.37. The molecule has 1 fully saturated rings. The molecule has 3 atom stereocenters. The van der Waals surface area contributed by atoms with E-state index in [2.05, 4.69) is 0 Å². The minimum Gasteiger partial charge on any atom is -0.456 e. The average molecular weight is 248 g/mol. The van der Waals surface area contributed by atoms with Gasteiger partial charge < -0.3 is 9.84 Å². The van der Waals surface area contributed by atoms with Gasteiger partial charge in [0, 0.05) is 0 Å². The van der Waals surface area contributed by atoms with Gasteiger partial charge in [0.25, 0.3) is 0 Å². The molecule has 1 aliphatic rings. The molecular formula is C15H20O3. The van der Waals surface area contributed by atoms with E-state index in [-0.39, 0.29) is 5.97 Å². The third-order valence-electron chi connectivity index (χ3n) is 3.93. The second-order valence-electron chi connectivity index (χ2n) is 5.16. The number of carbonyl (C=O) groups is 1. The minimum absolute atomic E-state index is 0.261. The molecule has 0 spiro atoms. The lowest BCUT2D eigenvalue weighted by atomic mass is 9.86. The topological polar surface area (TPSA) is 46.5 Å². The van der Waals surface area contributed by atoms with E-state index in [1.807, 2.05) is 37.3 Å². The van der Waals surface area contributed by atoms with Crippen molar-refractivity contribution >= 4 is 5.97 Å². The van der Waals surface area contributed by atoms with E-state index in [1.165, 1.54) is 5.56 Å². The average Bonchev–Trinajstić information content (AvgIpc) is 2.60. The zero-order valence-corrected chi connectivity index (χ0v) is 10.9. The number of aliphatic hydroxyl groups is 1. The van der Waals surface area contributed by atoms with E-state index in [1.54, 1.807) is 6.92 Å². The molecule has 0 radical (unpaired) electrons. The third-order valence-corrected chi connectivity index (χ3v) is 3.93. The fourth-order valence-corrected chi connectivity index (χ4v) is 2.44. The van der Waals surface area contributed by atoms with E-state index in [4.69, 9.17) is 4.74 Å². The van der Waals surface area contributed by atoms with Crippen LogP contribution in [0.2, 0.25) is 0 Å². The predicted octanol–water partition coefficient (Wildman–Crippen LogP) is 2.32. The van der Waals surface area contributed by atoms with Crippen LogP contribution in [0.1, 0.15) is 32.3 Å². The van der Waals surface area contributed by atoms with Crippen molar-refractivity contribution in [3.05, 3.63) is 35.9 Å². The standard InChI is InChI=1S/C15H20O3/c1-3-15(2)13(16)12(14(17)18-15)10-9-11-7-5-4-6-8-11/h4-8,12-13,16H,3,9-10H2,1-2H3. The van der Waals surface area contributed by atoms with Crippen molar-refractivity contribution in [1.82, 2.24) is 0 Å². The van der Waals surface area contributed by atoms with Gasteiger partial charge in [0.15, 0.2) is 0 Å². The molecule has 2 rings (SSSR count). The lowest BCUT2D eigenvalue weighted by molar-refractivity contribution is -0.150. The second-order valence-corrected chi connectivity index (χ2v) is 5.16. The number of esters is 1. The van der Waals surface area contributed by atoms with Gasteiger partial charge in [-0.1, -0.05) is 37.3 Å². The summed E-state index contributed by atoms with van der Waals surface area (Å²) in [6.45, 7) is 3.73. The van der Waals surface area contributed by atoms with Gasteiger partial charge in [-0.05, 0) is 31.7 Å². The first-order chi connectivity index (χ1) is 8.57. The number of hydrogen-bond acceptors (Lipinski definition) is 3. The maximum atomic E-state index is 11.8. The Balaban J connectivity index is 2.00. The molecule has 1 heterocycles. The number of ether oxygens (including phenoxy) is 1. The molecule has 18 heavy (non-hydrogen) atoms. The molecule has 3 unspecified atom stereocenters. The summed E-state index contributed by atoms with van der Waals surface area (Å²) in [5.41, 5.74) is 0.473. The Bertz CT molecular complexity index is 415. The summed E-state index contributed by atoms with van der Waals surface area (Å²) in [6, 6.07) is 10.00. The summed E-state index contributed by atoms with van der Waals surface area (Å²) < 4.78 is 5.32. The molecule has 0 aliphatic carbocycles. The van der Waals surface area contributed by atoms with Gasteiger partial charge in [-0.3, -0.25) is 4.79 Å². The fourth-order valence-electron chi connectivity index (χ4n) is 2.44. The summed E-state index contributed by atoms with van der Waals surface area (Å²) in [6.07, 6.45) is 1.37. The molecule has 1 saturated heterocycles. The predicted molar refractivity (Wildman–Crippen MR) is 69.0 cm³/mol. The number of aryl methyl sites for hydroxylation is 1. The zero-order valence-electron chi connectivity index (χ0n) is 10.9. The van der Waals surface area contributed by atoms with E-state index in [0.29, 0.717) is 12.8 Å². The SMILES string of the molecule is CCC1(C)OC(=O)C(CCc2ccccc2)C1O. The Morgan fingerprint density at radius 1 is 1.33 bits per heavy atom. The number of carbonyl (C=O) groups excluding carboxylic acids is 1. The molecule has 3 nitrogen and oxygen atoms in total. The van der Waals surface area contributed by atoms with Crippen molar-refractivity contribution in [2.24, 2.45) is 5.92 Å². The Hall–Kier alpha value is -1.35. The van der Waals surface area contributed by atoms with Crippen molar-refractivity contribution in [2.45, 2.75) is 44.8 Å². The molecule has 0 amide bonds. The van der Waals surface area contributed by atoms with Crippen LogP contribution < -0.4 is 0 Å². The van der Waals surface area contributed by atoms with Crippen molar-refractivity contribution in [1.29, 1.82) is 0 Å². The Morgan fingerprint density at radius 2 is 2.00 bits per heavy atom. The number of benzene rings is 1. The van der Waals surface area contributed by atoms with Gasteiger partial charge in [-0.2, -0.15) is 0 Å². The molecule has 1 aliphatic heterocycles. The van der Waals surface area contributed by atoms with Gasteiger partial charge in [0.2, 0.25) is 0 Å². The van der Waals surface area contributed by atoms with Crippen LogP contribution in [0.5, 0.6) is 0 Å². The van der Waals surface area contributed by atoms with Gasteiger partial charge in [0.05, 0.1) is 5.92 Å². The number of cyclic esters (lactones) is 1. The first-order valence-corrected chi connectivity index (χ1v) is 6.51. The minimum atomic E-state index is -0.710. The van der Waals surface area contributed by atoms with Crippen molar-refractivity contribution < 1.29 is 14.6 Å². The van der Waals surface area contributed by atoms with Gasteiger partial charge in [0.1, 0.15) is 11.7 Å². The molecular weight excluding hydrogens is 228 g/mol. The summed E-state index contributed by atoms with van der Waals surface area (Å²) in [5.74, 6) is -0.655. The maximum absolute atomic E-state index is 11.8. The molecule has 0 bridgehead atoms. The smallest absolute Gasteiger partial charge is 0.312 e. The molecule has 1 aromatic carbocycles. The lowest BCUT2D eigenvalue weighted by Gasteiger charge is -2.25. The van der Waals surface area contributed by atoms with Crippen molar-refractivity contribution in [3.63, 3.8) is 0 Å². The molecule has 1 N–H and O–H groups in total. The summed E-state index contributed by atoms with van der Waals surface area (Å²) in [7, 11) is 0. The highest BCUT2D eigenvalue weighted by Gasteiger charge is 2.50. The Labute approximate surface area is 108 Å². The first-order valence-electron chi connectivity index (χ1n) is 6.51. The van der Waals surface area contributed by atoms with Crippen molar-refractivity contribution in [2.75, 3.05) is 0 Å². The highest BCUT2D eigenvalue weighted by molar-refractivity contribution is 5.76. The quantitative estimate of drug-likeness (QED) is 0.832. The molecule has 98 valence electrons. The Morgan fingerprint density at radius 3 is 2.56 bits per heavy atom. The van der Waals surface area contributed by atoms with Gasteiger partial charge >= 0.3 is 5.97 Å². The zero-order chi connectivity index (χ0) is 13.2. The van der Waals surface area contributed by atoms with Crippen LogP contribution in [-0.4, -0.2) is 22.8 Å². The summed E-state index contributed by atoms with van der Waals surface area (Å²) >= 11 is 0. The van der Waals surface area contributed by atoms with Crippen LogP contribution in [0.15, 0.2) is 30.3 Å². The fraction of sp³-hybridized carbons (Fsp3) is 0.533. The molecule has 0 aromatic heterocycles. The summed E-state index contributed by atoms with van der Waals surface area (Å²) in [5, 5.41) is 10.2. The van der Waals surface area contributed by atoms with Crippen LogP contribution in [-0.2, 0) is 16.0 Å². The van der Waals surface area contributed by atoms with Crippen LogP contribution in [0.4, 0.5) is 0 Å². The number of aliphatic hydroxyl groups excluding tert-OH is 1. The number of hydrogen-bond donors (Lipinski definition) is 1. The largest absolute Gasteiger partial charge is 0.456 e. The molecule has 0 saturated carbocycles.